The average Bonchev–Trinajstić information content (AvgIpc) is 2.27. The molecule has 2 heteroatoms. The Morgan fingerprint density at radius 3 is 1.71 bits per heavy atom. The van der Waals surface area contributed by atoms with Crippen molar-refractivity contribution in [3.8, 4) is 0 Å². The zero-order valence-corrected chi connectivity index (χ0v) is 10.6. The Labute approximate surface area is 96.9 Å². The van der Waals surface area contributed by atoms with Crippen LogP contribution in [-0.4, -0.2) is 22.7 Å². The van der Waals surface area contributed by atoms with E-state index < -0.39 is 0 Å². The van der Waals surface area contributed by atoms with E-state index in [4.69, 9.17) is 0 Å². The molecule has 0 saturated carbocycles. The van der Waals surface area contributed by atoms with Crippen molar-refractivity contribution < 1.29 is 0 Å². The molecule has 0 aliphatic heterocycles. The van der Waals surface area contributed by atoms with E-state index >= 15 is 0 Å². The van der Waals surface area contributed by atoms with Gasteiger partial charge in [0.05, 0.1) is 0 Å². The monoisotopic (exact) mass is 185 g/mol. The number of H-pyrrole nitrogens is 1. The van der Waals surface area contributed by atoms with Crippen molar-refractivity contribution in [2.24, 2.45) is 0 Å². The molecule has 0 aromatic carbocycles. The SMILES string of the molecule is [Li][c]1cc(C(C)(C)C)[nH]c1C(C)(C)C. The molecular weight excluding hydrogens is 165 g/mol. The molecule has 1 heterocycles. The zero-order chi connectivity index (χ0) is 11.1. The van der Waals surface area contributed by atoms with E-state index in [1.165, 1.54) is 15.6 Å². The molecule has 0 atom stereocenters. The second kappa shape index (κ2) is 3.47. The van der Waals surface area contributed by atoms with Gasteiger partial charge in [-0.15, -0.1) is 0 Å². The van der Waals surface area contributed by atoms with Crippen molar-refractivity contribution in [1.29, 1.82) is 0 Å². The summed E-state index contributed by atoms with van der Waals surface area (Å²) in [5, 5.41) is 0. The molecule has 0 bridgehead atoms. The fraction of sp³-hybridized carbons (Fsp3) is 0.667. The summed E-state index contributed by atoms with van der Waals surface area (Å²) in [6.07, 6.45) is 0. The molecule has 14 heavy (non-hydrogen) atoms. The second-order valence-electron chi connectivity index (χ2n) is 6.24. The van der Waals surface area contributed by atoms with Crippen molar-refractivity contribution >= 4 is 22.0 Å². The first-order valence-corrected chi connectivity index (χ1v) is 5.33. The first kappa shape index (κ1) is 11.9. The number of aromatic amines is 1. The molecule has 0 aliphatic carbocycles. The van der Waals surface area contributed by atoms with E-state index in [1.807, 2.05) is 0 Å². The summed E-state index contributed by atoms with van der Waals surface area (Å²) in [5.41, 5.74) is 3.13. The normalized spacial score (nSPS) is 13.4. The minimum atomic E-state index is 0.216. The summed E-state index contributed by atoms with van der Waals surface area (Å²) in [6, 6.07) is 2.28. The van der Waals surface area contributed by atoms with Crippen LogP contribution in [0.5, 0.6) is 0 Å². The van der Waals surface area contributed by atoms with Crippen LogP contribution >= 0.6 is 0 Å². The van der Waals surface area contributed by atoms with E-state index in [1.54, 1.807) is 0 Å². The Morgan fingerprint density at radius 2 is 1.50 bits per heavy atom. The number of hydrogen-bond donors (Lipinski definition) is 1. The number of rotatable bonds is 0. The molecule has 1 aromatic heterocycles. The quantitative estimate of drug-likeness (QED) is 0.597. The molecule has 0 radical (unpaired) electrons. The molecule has 1 rings (SSSR count). The van der Waals surface area contributed by atoms with Gasteiger partial charge in [-0.2, -0.15) is 0 Å². The summed E-state index contributed by atoms with van der Waals surface area (Å²) in [7, 11) is 0. The summed E-state index contributed by atoms with van der Waals surface area (Å²) < 4.78 is 1.38. The van der Waals surface area contributed by atoms with Gasteiger partial charge in [0.15, 0.2) is 0 Å². The third kappa shape index (κ3) is 2.46. The van der Waals surface area contributed by atoms with Crippen LogP contribution in [0, 0.1) is 0 Å². The fourth-order valence-corrected chi connectivity index (χ4v) is 1.74. The van der Waals surface area contributed by atoms with Crippen LogP contribution in [0.3, 0.4) is 0 Å². The van der Waals surface area contributed by atoms with E-state index in [9.17, 15) is 0 Å². The van der Waals surface area contributed by atoms with E-state index in [-0.39, 0.29) is 10.8 Å². The molecule has 0 unspecified atom stereocenters. The van der Waals surface area contributed by atoms with Gasteiger partial charge in [-0.3, -0.25) is 0 Å². The molecule has 1 N–H and O–H groups in total. The van der Waals surface area contributed by atoms with Gasteiger partial charge in [-0.05, 0) is 0 Å². The van der Waals surface area contributed by atoms with Crippen molar-refractivity contribution in [3.63, 3.8) is 0 Å². The standard InChI is InChI=1S/C12H20N.Li/c1-11(2,3)9-7-8-10(13-9)12(4,5)6;/h7,13H,1-6H3;. The Balaban J connectivity index is 3.19. The molecule has 0 spiro atoms. The van der Waals surface area contributed by atoms with Crippen molar-refractivity contribution in [2.45, 2.75) is 52.4 Å². The van der Waals surface area contributed by atoms with Gasteiger partial charge in [-0.25, -0.2) is 0 Å². The maximum atomic E-state index is 3.56. The molecule has 0 amide bonds. The van der Waals surface area contributed by atoms with Crippen LogP contribution in [-0.2, 0) is 10.8 Å². The third-order valence-corrected chi connectivity index (χ3v) is 2.57. The van der Waals surface area contributed by atoms with Gasteiger partial charge in [0, 0.05) is 0 Å². The maximum absolute atomic E-state index is 3.56. The molecule has 1 aromatic rings. The van der Waals surface area contributed by atoms with Gasteiger partial charge in [-0.1, -0.05) is 0 Å². The van der Waals surface area contributed by atoms with E-state index in [0.717, 1.165) is 0 Å². The number of aromatic nitrogens is 1. The molecular formula is C12H20LiN. The van der Waals surface area contributed by atoms with Crippen LogP contribution in [0.25, 0.3) is 0 Å². The predicted octanol–water partition coefficient (Wildman–Crippen LogP) is 2.40. The van der Waals surface area contributed by atoms with Crippen molar-refractivity contribution in [3.05, 3.63) is 17.5 Å². The molecule has 74 valence electrons. The molecule has 0 aliphatic rings. The van der Waals surface area contributed by atoms with E-state index in [2.05, 4.69) is 70.3 Å². The van der Waals surface area contributed by atoms with Gasteiger partial charge < -0.3 is 0 Å². The summed E-state index contributed by atoms with van der Waals surface area (Å²) in [6.45, 7) is 13.5. The van der Waals surface area contributed by atoms with Gasteiger partial charge in [0.25, 0.3) is 0 Å². The summed E-state index contributed by atoms with van der Waals surface area (Å²) >= 11 is 2.19. The van der Waals surface area contributed by atoms with Crippen molar-refractivity contribution in [1.82, 2.24) is 4.98 Å². The average molecular weight is 185 g/mol. The topological polar surface area (TPSA) is 15.8 Å². The van der Waals surface area contributed by atoms with Gasteiger partial charge in [0.2, 0.25) is 0 Å². The van der Waals surface area contributed by atoms with Crippen LogP contribution in [0.1, 0.15) is 52.9 Å². The third-order valence-electron chi connectivity index (χ3n) is 2.57. The van der Waals surface area contributed by atoms with E-state index in [0.29, 0.717) is 0 Å². The second-order valence-corrected chi connectivity index (χ2v) is 6.24. The number of hydrogen-bond acceptors (Lipinski definition) is 0. The Kier molecular flexibility index (Phi) is 2.96. The first-order chi connectivity index (χ1) is 6.12. The Bertz CT molecular complexity index is 323. The number of nitrogens with one attached hydrogen (secondary N) is 1. The minimum absolute atomic E-state index is 0.216. The fourth-order valence-electron chi connectivity index (χ4n) is 1.74. The van der Waals surface area contributed by atoms with Crippen LogP contribution in [0.4, 0.5) is 0 Å². The Hall–Kier alpha value is -0.123. The molecule has 0 fully saturated rings. The zero-order valence-electron chi connectivity index (χ0n) is 10.6. The first-order valence-electron chi connectivity index (χ1n) is 5.33. The van der Waals surface area contributed by atoms with Gasteiger partial charge in [0.1, 0.15) is 0 Å². The Morgan fingerprint density at radius 1 is 1.00 bits per heavy atom. The van der Waals surface area contributed by atoms with Gasteiger partial charge >= 0.3 is 96.8 Å². The predicted molar refractivity (Wildman–Crippen MR) is 63.6 cm³/mol. The molecule has 0 saturated heterocycles. The van der Waals surface area contributed by atoms with Crippen LogP contribution in [0.15, 0.2) is 6.07 Å². The van der Waals surface area contributed by atoms with Crippen molar-refractivity contribution in [2.75, 3.05) is 0 Å². The van der Waals surface area contributed by atoms with Crippen LogP contribution in [0.2, 0.25) is 0 Å². The summed E-state index contributed by atoms with van der Waals surface area (Å²) in [4.78, 5) is 3.56. The molecule has 1 nitrogen and oxygen atoms in total. The van der Waals surface area contributed by atoms with Crippen LogP contribution < -0.4 is 4.24 Å². The summed E-state index contributed by atoms with van der Waals surface area (Å²) in [5.74, 6) is 0.